The fourth-order valence-electron chi connectivity index (χ4n) is 3.19. The van der Waals surface area contributed by atoms with Gasteiger partial charge in [-0.05, 0) is 19.3 Å². The van der Waals surface area contributed by atoms with Gasteiger partial charge in [0.25, 0.3) is 5.91 Å². The average molecular weight is 393 g/mol. The Morgan fingerprint density at radius 2 is 2.04 bits per heavy atom. The number of hydrogen-bond acceptors (Lipinski definition) is 5. The second-order valence-electron chi connectivity index (χ2n) is 6.43. The molecule has 27 heavy (non-hydrogen) atoms. The largest absolute Gasteiger partial charge is 0.354 e. The molecular weight excluding hydrogens is 368 g/mol. The molecule has 0 saturated carbocycles. The summed E-state index contributed by atoms with van der Waals surface area (Å²) in [6, 6.07) is 11.2. The van der Waals surface area contributed by atoms with Crippen LogP contribution in [-0.4, -0.2) is 47.5 Å². The van der Waals surface area contributed by atoms with E-state index < -0.39 is 0 Å². The minimum absolute atomic E-state index is 0. The molecule has 1 unspecified atom stereocenters. The molecule has 2 aromatic rings. The minimum atomic E-state index is -0.183. The predicted octanol–water partition coefficient (Wildman–Crippen LogP) is 2.22. The van der Waals surface area contributed by atoms with Crippen LogP contribution in [0.4, 0.5) is 0 Å². The number of carbonyl (C=O) groups excluding carboxylic acids is 2. The van der Waals surface area contributed by atoms with Gasteiger partial charge < -0.3 is 20.5 Å². The summed E-state index contributed by atoms with van der Waals surface area (Å²) in [7, 11) is 0. The number of benzene rings is 1. The summed E-state index contributed by atoms with van der Waals surface area (Å²) < 4.78 is 5.30. The molecule has 0 spiro atoms. The zero-order valence-corrected chi connectivity index (χ0v) is 15.9. The Balaban J connectivity index is 0.00000261. The highest BCUT2D eigenvalue weighted by molar-refractivity contribution is 5.92. The number of piperidine rings is 1. The highest BCUT2D eigenvalue weighted by Gasteiger charge is 2.30. The molecule has 1 aliphatic heterocycles. The van der Waals surface area contributed by atoms with Gasteiger partial charge in [-0.3, -0.25) is 9.59 Å². The van der Waals surface area contributed by atoms with Gasteiger partial charge in [-0.2, -0.15) is 0 Å². The van der Waals surface area contributed by atoms with Crippen molar-refractivity contribution in [1.82, 2.24) is 15.4 Å². The van der Waals surface area contributed by atoms with Crippen LogP contribution in [0, 0.1) is 0 Å². The summed E-state index contributed by atoms with van der Waals surface area (Å²) >= 11 is 0. The van der Waals surface area contributed by atoms with E-state index in [9.17, 15) is 9.59 Å². The van der Waals surface area contributed by atoms with Crippen LogP contribution < -0.4 is 11.1 Å². The van der Waals surface area contributed by atoms with E-state index in [1.54, 1.807) is 11.0 Å². The van der Waals surface area contributed by atoms with Gasteiger partial charge in [0, 0.05) is 43.7 Å². The first kappa shape index (κ1) is 20.9. The molecule has 146 valence electrons. The number of carbonyl (C=O) groups is 2. The van der Waals surface area contributed by atoms with E-state index in [4.69, 9.17) is 10.3 Å². The van der Waals surface area contributed by atoms with Crippen molar-refractivity contribution in [3.63, 3.8) is 0 Å². The number of aromatic nitrogens is 1. The Labute approximate surface area is 164 Å². The Bertz CT molecular complexity index is 750. The number of halogens is 1. The van der Waals surface area contributed by atoms with Gasteiger partial charge >= 0.3 is 0 Å². The van der Waals surface area contributed by atoms with Crippen LogP contribution in [0.15, 0.2) is 40.9 Å². The normalized spacial score (nSPS) is 16.5. The fourth-order valence-corrected chi connectivity index (χ4v) is 3.19. The molecule has 0 aliphatic carbocycles. The third-order valence-corrected chi connectivity index (χ3v) is 4.58. The van der Waals surface area contributed by atoms with Crippen LogP contribution in [0.5, 0.6) is 0 Å². The van der Waals surface area contributed by atoms with Gasteiger partial charge in [-0.25, -0.2) is 0 Å². The highest BCUT2D eigenvalue weighted by Crippen LogP contribution is 2.23. The Morgan fingerprint density at radius 3 is 2.78 bits per heavy atom. The van der Waals surface area contributed by atoms with Crippen molar-refractivity contribution in [2.75, 3.05) is 19.6 Å². The van der Waals surface area contributed by atoms with Gasteiger partial charge in [0.2, 0.25) is 11.7 Å². The molecule has 0 bridgehead atoms. The van der Waals surface area contributed by atoms with Crippen molar-refractivity contribution in [2.24, 2.45) is 5.73 Å². The number of nitrogens with two attached hydrogens (primary N) is 1. The van der Waals surface area contributed by atoms with E-state index in [1.807, 2.05) is 30.3 Å². The molecule has 1 aliphatic rings. The maximum absolute atomic E-state index is 12.9. The first-order valence-electron chi connectivity index (χ1n) is 8.99. The summed E-state index contributed by atoms with van der Waals surface area (Å²) in [6.07, 6.45) is 3.13. The fraction of sp³-hybridized carbons (Fsp3) is 0.421. The van der Waals surface area contributed by atoms with Crippen molar-refractivity contribution in [2.45, 2.75) is 31.7 Å². The number of amides is 2. The average Bonchev–Trinajstić information content (AvgIpc) is 3.17. The van der Waals surface area contributed by atoms with Gasteiger partial charge in [0.05, 0.1) is 0 Å². The smallest absolute Gasteiger partial charge is 0.292 e. The monoisotopic (exact) mass is 392 g/mol. The number of hydrogen-bond donors (Lipinski definition) is 2. The lowest BCUT2D eigenvalue weighted by Crippen LogP contribution is -2.49. The summed E-state index contributed by atoms with van der Waals surface area (Å²) in [5.41, 5.74) is 6.94. The number of rotatable bonds is 6. The lowest BCUT2D eigenvalue weighted by Gasteiger charge is -2.35. The van der Waals surface area contributed by atoms with Crippen LogP contribution >= 0.6 is 12.4 Å². The van der Waals surface area contributed by atoms with E-state index in [0.29, 0.717) is 31.7 Å². The first-order valence-corrected chi connectivity index (χ1v) is 8.99. The molecule has 8 heteroatoms. The van der Waals surface area contributed by atoms with Gasteiger partial charge in [0.15, 0.2) is 0 Å². The molecule has 7 nitrogen and oxygen atoms in total. The van der Waals surface area contributed by atoms with Crippen LogP contribution in [0.3, 0.4) is 0 Å². The molecule has 3 N–H and O–H groups in total. The Morgan fingerprint density at radius 1 is 1.26 bits per heavy atom. The predicted molar refractivity (Wildman–Crippen MR) is 105 cm³/mol. The van der Waals surface area contributed by atoms with Gasteiger partial charge in [-0.1, -0.05) is 35.5 Å². The van der Waals surface area contributed by atoms with E-state index in [1.165, 1.54) is 0 Å². The zero-order chi connectivity index (χ0) is 18.4. The number of nitrogens with one attached hydrogen (secondary N) is 1. The minimum Gasteiger partial charge on any atom is -0.354 e. The maximum atomic E-state index is 12.9. The standard InChI is InChI=1S/C19H24N4O3.ClH/c20-10-9-18(24)21-13-15-8-4-5-11-23(15)19(25)17-12-16(22-26-17)14-6-2-1-3-7-14;/h1-3,6-7,12,15H,4-5,8-11,13,20H2,(H,21,24);1H. The van der Waals surface area contributed by atoms with Gasteiger partial charge in [0.1, 0.15) is 5.69 Å². The third kappa shape index (κ3) is 5.30. The molecule has 2 heterocycles. The second kappa shape index (κ2) is 10.1. The Kier molecular flexibility index (Phi) is 7.82. The molecule has 1 aromatic heterocycles. The molecule has 1 saturated heterocycles. The zero-order valence-electron chi connectivity index (χ0n) is 15.1. The van der Waals surface area contributed by atoms with Crippen molar-refractivity contribution in [3.05, 3.63) is 42.2 Å². The quantitative estimate of drug-likeness (QED) is 0.784. The number of nitrogens with zero attached hydrogens (tertiary/aromatic N) is 2. The molecule has 3 rings (SSSR count). The van der Waals surface area contributed by atoms with Crippen molar-refractivity contribution in [3.8, 4) is 11.3 Å². The highest BCUT2D eigenvalue weighted by atomic mass is 35.5. The summed E-state index contributed by atoms with van der Waals surface area (Å²) in [6.45, 7) is 1.40. The topological polar surface area (TPSA) is 101 Å². The van der Waals surface area contributed by atoms with E-state index in [0.717, 1.165) is 24.8 Å². The van der Waals surface area contributed by atoms with E-state index >= 15 is 0 Å². The second-order valence-corrected chi connectivity index (χ2v) is 6.43. The van der Waals surface area contributed by atoms with Crippen molar-refractivity contribution in [1.29, 1.82) is 0 Å². The summed E-state index contributed by atoms with van der Waals surface area (Å²) in [4.78, 5) is 26.3. The molecule has 0 radical (unpaired) electrons. The third-order valence-electron chi connectivity index (χ3n) is 4.58. The molecular formula is C19H25ClN4O3. The van der Waals surface area contributed by atoms with Crippen molar-refractivity contribution < 1.29 is 14.1 Å². The lowest BCUT2D eigenvalue weighted by atomic mass is 10.0. The number of likely N-dealkylation sites (tertiary alicyclic amines) is 1. The molecule has 1 fully saturated rings. The lowest BCUT2D eigenvalue weighted by molar-refractivity contribution is -0.121. The SMILES string of the molecule is Cl.NCCC(=O)NCC1CCCCN1C(=O)c1cc(-c2ccccc2)no1. The van der Waals surface area contributed by atoms with Crippen LogP contribution in [0.2, 0.25) is 0 Å². The first-order chi connectivity index (χ1) is 12.7. The molecule has 1 atom stereocenters. The van der Waals surface area contributed by atoms with Crippen LogP contribution in [-0.2, 0) is 4.79 Å². The van der Waals surface area contributed by atoms with Gasteiger partial charge in [-0.15, -0.1) is 12.4 Å². The Hall–Kier alpha value is -2.38. The van der Waals surface area contributed by atoms with Crippen LogP contribution in [0.25, 0.3) is 11.3 Å². The van der Waals surface area contributed by atoms with E-state index in [2.05, 4.69) is 10.5 Å². The van der Waals surface area contributed by atoms with Crippen LogP contribution in [0.1, 0.15) is 36.2 Å². The molecule has 2 amide bonds. The van der Waals surface area contributed by atoms with E-state index in [-0.39, 0.29) is 36.0 Å². The molecule has 1 aromatic carbocycles. The summed E-state index contributed by atoms with van der Waals surface area (Å²) in [5, 5.41) is 6.88. The maximum Gasteiger partial charge on any atom is 0.292 e. The van der Waals surface area contributed by atoms with Crippen molar-refractivity contribution >= 4 is 24.2 Å². The summed E-state index contributed by atoms with van der Waals surface area (Å²) in [5.74, 6) is -0.0435.